The zero-order valence-corrected chi connectivity index (χ0v) is 18.8. The number of anilines is 1. The molecule has 0 radical (unpaired) electrons. The molecule has 0 spiro atoms. The van der Waals surface area contributed by atoms with Gasteiger partial charge < -0.3 is 4.57 Å². The van der Waals surface area contributed by atoms with Crippen LogP contribution in [0.5, 0.6) is 0 Å². The summed E-state index contributed by atoms with van der Waals surface area (Å²) in [5, 5.41) is 1.35. The molecule has 6 heteroatoms. The Morgan fingerprint density at radius 2 is 1.47 bits per heavy atom. The van der Waals surface area contributed by atoms with Gasteiger partial charge in [-0.1, -0.05) is 60.1 Å². The molecule has 2 fully saturated rings. The summed E-state index contributed by atoms with van der Waals surface area (Å²) in [5.74, 6) is -0.984. The maximum absolute atomic E-state index is 14.6. The van der Waals surface area contributed by atoms with Crippen LogP contribution in [-0.2, 0) is 14.2 Å². The highest BCUT2D eigenvalue weighted by Crippen LogP contribution is 2.77. The fraction of sp³-hybridized carbons (Fsp3) is 0.333. The van der Waals surface area contributed by atoms with E-state index in [0.29, 0.717) is 16.9 Å². The van der Waals surface area contributed by atoms with Crippen molar-refractivity contribution in [3.63, 3.8) is 0 Å². The maximum atomic E-state index is 14.6. The Labute approximate surface area is 181 Å². The predicted molar refractivity (Wildman–Crippen MR) is 120 cm³/mol. The fourth-order valence-corrected chi connectivity index (χ4v) is 11.2. The number of nitrogens with zero attached hydrogens (tertiary/aromatic N) is 1. The number of halogens is 1. The molecule has 2 bridgehead atoms. The largest absolute Gasteiger partial charge is 0.318 e. The third kappa shape index (κ3) is 2.07. The monoisotopic (exact) mass is 439 g/mol. The van der Waals surface area contributed by atoms with Crippen molar-refractivity contribution in [1.29, 1.82) is 0 Å². The quantitative estimate of drug-likeness (QED) is 0.499. The first-order valence-electron chi connectivity index (χ1n) is 10.1. The second-order valence-electron chi connectivity index (χ2n) is 8.99. The van der Waals surface area contributed by atoms with Gasteiger partial charge in [0.1, 0.15) is 7.14 Å². The first-order valence-corrected chi connectivity index (χ1v) is 12.5. The zero-order chi connectivity index (χ0) is 21.5. The molecule has 1 unspecified atom stereocenters. The van der Waals surface area contributed by atoms with Crippen LogP contribution >= 0.6 is 18.7 Å². The van der Waals surface area contributed by atoms with Crippen LogP contribution in [0, 0.1) is 16.7 Å². The molecule has 3 aliphatic heterocycles. The van der Waals surface area contributed by atoms with Gasteiger partial charge in [0, 0.05) is 22.4 Å². The van der Waals surface area contributed by atoms with Gasteiger partial charge in [-0.25, -0.2) is 4.90 Å². The highest BCUT2D eigenvalue weighted by atomic mass is 35.5. The standard InChI is InChI=1S/C24H23ClNO3P/c1-15-19(25)18-14-30(29,17-12-8-5-9-13-17)20(15)24(3)22(28)26(21(27)23(18,24)2)16-10-6-4-7-11-16/h4-13,18,20H,14H2,1-3H3/t18-,20+,23-,24+,30?/m1/s1. The summed E-state index contributed by atoms with van der Waals surface area (Å²) in [6, 6.07) is 18.4. The molecule has 6 rings (SSSR count). The number of carbonyl (C=O) groups excluding carboxylic acids is 2. The first-order chi connectivity index (χ1) is 14.2. The molecule has 2 saturated heterocycles. The Morgan fingerprint density at radius 1 is 0.933 bits per heavy atom. The van der Waals surface area contributed by atoms with Crippen molar-refractivity contribution in [2.75, 3.05) is 11.1 Å². The van der Waals surface area contributed by atoms with Crippen molar-refractivity contribution < 1.29 is 14.2 Å². The summed E-state index contributed by atoms with van der Waals surface area (Å²) in [6.45, 7) is 5.55. The lowest BCUT2D eigenvalue weighted by atomic mass is 9.54. The van der Waals surface area contributed by atoms with Crippen molar-refractivity contribution >= 4 is 41.5 Å². The lowest BCUT2D eigenvalue weighted by molar-refractivity contribution is -0.136. The van der Waals surface area contributed by atoms with Crippen LogP contribution in [0.1, 0.15) is 20.8 Å². The van der Waals surface area contributed by atoms with Gasteiger partial charge in [-0.3, -0.25) is 9.59 Å². The topological polar surface area (TPSA) is 54.5 Å². The number of imide groups is 1. The molecule has 1 aliphatic carbocycles. The van der Waals surface area contributed by atoms with Crippen molar-refractivity contribution in [1.82, 2.24) is 0 Å². The minimum atomic E-state index is -3.02. The number of allylic oxidation sites excluding steroid dienone is 2. The summed E-state index contributed by atoms with van der Waals surface area (Å²) in [7, 11) is -3.02. The van der Waals surface area contributed by atoms with Crippen LogP contribution in [0.3, 0.4) is 0 Å². The number of amides is 2. The molecule has 0 saturated carbocycles. The summed E-state index contributed by atoms with van der Waals surface area (Å²) in [6.07, 6.45) is 0.311. The van der Waals surface area contributed by atoms with E-state index in [4.69, 9.17) is 11.6 Å². The van der Waals surface area contributed by atoms with E-state index in [1.807, 2.05) is 69.3 Å². The minimum absolute atomic E-state index is 0.249. The summed E-state index contributed by atoms with van der Waals surface area (Å²) in [4.78, 5) is 29.1. The van der Waals surface area contributed by atoms with Gasteiger partial charge in [-0.05, 0) is 38.5 Å². The zero-order valence-electron chi connectivity index (χ0n) is 17.1. The molecule has 2 aromatic carbocycles. The molecular weight excluding hydrogens is 417 g/mol. The Bertz CT molecular complexity index is 1160. The fourth-order valence-electron chi connectivity index (χ4n) is 6.12. The van der Waals surface area contributed by atoms with Crippen LogP contribution < -0.4 is 10.2 Å². The number of carbonyl (C=O) groups is 2. The minimum Gasteiger partial charge on any atom is -0.318 e. The van der Waals surface area contributed by atoms with E-state index < -0.39 is 29.5 Å². The van der Waals surface area contributed by atoms with Gasteiger partial charge in [-0.2, -0.15) is 0 Å². The second kappa shape index (κ2) is 6.18. The van der Waals surface area contributed by atoms with E-state index in [9.17, 15) is 14.2 Å². The van der Waals surface area contributed by atoms with Crippen LogP contribution in [0.15, 0.2) is 71.3 Å². The third-order valence-corrected chi connectivity index (χ3v) is 12.2. The van der Waals surface area contributed by atoms with E-state index in [0.717, 1.165) is 10.9 Å². The first kappa shape index (κ1) is 19.8. The number of fused-ring (bicyclic) bond motifs is 1. The third-order valence-electron chi connectivity index (χ3n) is 7.79. The number of benzene rings is 2. The van der Waals surface area contributed by atoms with Gasteiger partial charge in [0.2, 0.25) is 11.8 Å². The van der Waals surface area contributed by atoms with Gasteiger partial charge >= 0.3 is 0 Å². The average Bonchev–Trinajstić information content (AvgIpc) is 2.91. The smallest absolute Gasteiger partial charge is 0.241 e. The summed E-state index contributed by atoms with van der Waals surface area (Å²) >= 11 is 6.78. The molecule has 2 amide bonds. The summed E-state index contributed by atoms with van der Waals surface area (Å²) in [5.41, 5.74) is -1.43. The molecule has 4 nitrogen and oxygen atoms in total. The second-order valence-corrected chi connectivity index (χ2v) is 12.4. The van der Waals surface area contributed by atoms with Crippen LogP contribution in [-0.4, -0.2) is 23.6 Å². The van der Waals surface area contributed by atoms with E-state index in [2.05, 4.69) is 0 Å². The molecule has 4 aliphatic rings. The van der Waals surface area contributed by atoms with Gasteiger partial charge in [0.05, 0.1) is 22.2 Å². The normalized spacial score (nSPS) is 37.7. The van der Waals surface area contributed by atoms with Gasteiger partial charge in [0.25, 0.3) is 0 Å². The van der Waals surface area contributed by atoms with Crippen LogP contribution in [0.4, 0.5) is 5.69 Å². The molecule has 2 aromatic rings. The van der Waals surface area contributed by atoms with Gasteiger partial charge in [0.15, 0.2) is 0 Å². The Morgan fingerprint density at radius 3 is 2.07 bits per heavy atom. The molecule has 154 valence electrons. The molecule has 0 aromatic heterocycles. The highest BCUT2D eigenvalue weighted by Gasteiger charge is 2.78. The number of hydrogen-bond donors (Lipinski definition) is 0. The lowest BCUT2D eigenvalue weighted by Crippen LogP contribution is -2.61. The van der Waals surface area contributed by atoms with Crippen molar-refractivity contribution in [3.8, 4) is 0 Å². The summed E-state index contributed by atoms with van der Waals surface area (Å²) < 4.78 is 14.6. The van der Waals surface area contributed by atoms with Crippen molar-refractivity contribution in [2.24, 2.45) is 16.7 Å². The Kier molecular flexibility index (Phi) is 4.08. The molecule has 0 N–H and O–H groups in total. The van der Waals surface area contributed by atoms with E-state index in [1.54, 1.807) is 12.1 Å². The van der Waals surface area contributed by atoms with E-state index >= 15 is 0 Å². The Balaban J connectivity index is 1.77. The molecular formula is C24H23ClNO3P. The Hall–Kier alpha value is -2.16. The average molecular weight is 440 g/mol. The molecule has 3 heterocycles. The number of hydrogen-bond acceptors (Lipinski definition) is 3. The van der Waals surface area contributed by atoms with Crippen LogP contribution in [0.25, 0.3) is 0 Å². The number of para-hydroxylation sites is 1. The molecule has 5 atom stereocenters. The molecule has 30 heavy (non-hydrogen) atoms. The number of rotatable bonds is 2. The van der Waals surface area contributed by atoms with Crippen LogP contribution in [0.2, 0.25) is 0 Å². The van der Waals surface area contributed by atoms with Crippen molar-refractivity contribution in [3.05, 3.63) is 71.3 Å². The SMILES string of the molecule is CC1=C(Cl)[C@H]2CP(=O)(c3ccccc3)[C@@H]1[C@@]1(C)C(=O)N(c3ccccc3)C(=O)[C@@]21C. The highest BCUT2D eigenvalue weighted by molar-refractivity contribution is 7.72. The predicted octanol–water partition coefficient (Wildman–Crippen LogP) is 4.79. The maximum Gasteiger partial charge on any atom is 0.241 e. The van der Waals surface area contributed by atoms with Gasteiger partial charge in [-0.15, -0.1) is 0 Å². The van der Waals surface area contributed by atoms with E-state index in [1.165, 1.54) is 4.90 Å². The van der Waals surface area contributed by atoms with Crippen molar-refractivity contribution in [2.45, 2.75) is 26.4 Å². The lowest BCUT2D eigenvalue weighted by Gasteiger charge is -2.58. The van der Waals surface area contributed by atoms with E-state index in [-0.39, 0.29) is 11.8 Å².